The van der Waals surface area contributed by atoms with E-state index in [9.17, 15) is 4.79 Å². The zero-order chi connectivity index (χ0) is 22.1. The van der Waals surface area contributed by atoms with Gasteiger partial charge in [0.05, 0.1) is 12.1 Å². The number of benzene rings is 2. The Bertz CT molecular complexity index is 1330. The van der Waals surface area contributed by atoms with Crippen molar-refractivity contribution in [1.82, 2.24) is 4.98 Å². The quantitative estimate of drug-likeness (QED) is 0.387. The molecule has 1 amide bonds. The van der Waals surface area contributed by atoms with Gasteiger partial charge in [-0.2, -0.15) is 0 Å². The van der Waals surface area contributed by atoms with Gasteiger partial charge in [-0.3, -0.25) is 9.78 Å². The highest BCUT2D eigenvalue weighted by Gasteiger charge is 2.18. The van der Waals surface area contributed by atoms with Gasteiger partial charge in [0.15, 0.2) is 0 Å². The Balaban J connectivity index is 1.69. The van der Waals surface area contributed by atoms with E-state index in [1.807, 2.05) is 65.0 Å². The van der Waals surface area contributed by atoms with Crippen molar-refractivity contribution in [3.8, 4) is 5.75 Å². The van der Waals surface area contributed by atoms with Gasteiger partial charge in [0, 0.05) is 39.9 Å². The summed E-state index contributed by atoms with van der Waals surface area (Å²) in [6.45, 7) is 10.4. The van der Waals surface area contributed by atoms with E-state index in [0.717, 1.165) is 61.3 Å². The van der Waals surface area contributed by atoms with E-state index in [0.29, 0.717) is 6.61 Å². The highest BCUT2D eigenvalue weighted by molar-refractivity contribution is 6.05. The molecule has 0 saturated heterocycles. The Morgan fingerprint density at radius 2 is 1.97 bits per heavy atom. The Kier molecular flexibility index (Phi) is 5.51. The molecular weight excluding hydrogens is 388 g/mol. The standard InChI is InChI=1S/C26H26N2O3/c1-6-30-25-17(4)26-22(16(3)18(5)31-26)14-21(25)15(2)12-24(29)28-20-9-10-23-19(13-20)8-7-11-27-23/h7-14H,6H2,1-5H3,(H,28,29)/b15-12+. The summed E-state index contributed by atoms with van der Waals surface area (Å²) in [6, 6.07) is 11.6. The number of allylic oxidation sites excluding steroid dienone is 1. The maximum Gasteiger partial charge on any atom is 0.248 e. The van der Waals surface area contributed by atoms with Gasteiger partial charge in [-0.1, -0.05) is 6.07 Å². The number of aromatic nitrogens is 1. The number of pyridine rings is 1. The number of carbonyl (C=O) groups is 1. The lowest BCUT2D eigenvalue weighted by molar-refractivity contribution is -0.111. The number of hydrogen-bond donors (Lipinski definition) is 1. The molecule has 2 aromatic heterocycles. The average Bonchev–Trinajstić information content (AvgIpc) is 3.04. The van der Waals surface area contributed by atoms with Gasteiger partial charge in [0.25, 0.3) is 0 Å². The van der Waals surface area contributed by atoms with Crippen LogP contribution in [0.3, 0.4) is 0 Å². The summed E-state index contributed by atoms with van der Waals surface area (Å²) in [4.78, 5) is 17.1. The normalized spacial score (nSPS) is 11.8. The molecule has 0 saturated carbocycles. The molecule has 5 nitrogen and oxygen atoms in total. The van der Waals surface area contributed by atoms with Crippen LogP contribution < -0.4 is 10.1 Å². The number of aryl methyl sites for hydroxylation is 3. The molecular formula is C26H26N2O3. The molecule has 2 heterocycles. The number of rotatable bonds is 5. The number of nitrogens with zero attached hydrogens (tertiary/aromatic N) is 1. The van der Waals surface area contributed by atoms with Crippen molar-refractivity contribution < 1.29 is 13.9 Å². The van der Waals surface area contributed by atoms with Gasteiger partial charge in [-0.25, -0.2) is 0 Å². The molecule has 0 aliphatic rings. The highest BCUT2D eigenvalue weighted by Crippen LogP contribution is 2.38. The molecule has 0 bridgehead atoms. The zero-order valence-electron chi connectivity index (χ0n) is 18.5. The maximum absolute atomic E-state index is 12.8. The largest absolute Gasteiger partial charge is 0.493 e. The number of nitrogens with one attached hydrogen (secondary N) is 1. The second kappa shape index (κ2) is 8.26. The van der Waals surface area contributed by atoms with Crippen LogP contribution >= 0.6 is 0 Å². The summed E-state index contributed by atoms with van der Waals surface area (Å²) >= 11 is 0. The van der Waals surface area contributed by atoms with Crippen LogP contribution in [0, 0.1) is 20.8 Å². The topological polar surface area (TPSA) is 64.4 Å². The summed E-state index contributed by atoms with van der Waals surface area (Å²) in [5, 5.41) is 4.97. The monoisotopic (exact) mass is 414 g/mol. The number of ether oxygens (including phenoxy) is 1. The van der Waals surface area contributed by atoms with Crippen LogP contribution in [0.15, 0.2) is 53.1 Å². The number of carbonyl (C=O) groups excluding carboxylic acids is 1. The predicted molar refractivity (Wildman–Crippen MR) is 126 cm³/mol. The molecule has 158 valence electrons. The fraction of sp³-hybridized carbons (Fsp3) is 0.231. The van der Waals surface area contributed by atoms with Gasteiger partial charge < -0.3 is 14.5 Å². The zero-order valence-corrected chi connectivity index (χ0v) is 18.5. The fourth-order valence-corrected chi connectivity index (χ4v) is 3.84. The first kappa shape index (κ1) is 20.7. The lowest BCUT2D eigenvalue weighted by Crippen LogP contribution is -2.09. The lowest BCUT2D eigenvalue weighted by Gasteiger charge is -2.14. The third-order valence-electron chi connectivity index (χ3n) is 5.58. The molecule has 0 unspecified atom stereocenters. The third-order valence-corrected chi connectivity index (χ3v) is 5.58. The van der Waals surface area contributed by atoms with Crippen molar-refractivity contribution in [2.45, 2.75) is 34.6 Å². The maximum atomic E-state index is 12.8. The van der Waals surface area contributed by atoms with Gasteiger partial charge >= 0.3 is 0 Å². The van der Waals surface area contributed by atoms with E-state index in [-0.39, 0.29) is 5.91 Å². The lowest BCUT2D eigenvalue weighted by atomic mass is 9.98. The second-order valence-electron chi connectivity index (χ2n) is 7.70. The summed E-state index contributed by atoms with van der Waals surface area (Å²) in [6.07, 6.45) is 3.36. The van der Waals surface area contributed by atoms with Crippen molar-refractivity contribution in [2.24, 2.45) is 0 Å². The SMILES string of the molecule is CCOc1c(/C(C)=C/C(=O)Nc2ccc3ncccc3c2)cc2c(C)c(C)oc2c1C. The molecule has 0 aliphatic heterocycles. The number of fused-ring (bicyclic) bond motifs is 2. The van der Waals surface area contributed by atoms with E-state index >= 15 is 0 Å². The highest BCUT2D eigenvalue weighted by atomic mass is 16.5. The van der Waals surface area contributed by atoms with Gasteiger partial charge in [-0.15, -0.1) is 0 Å². The number of amides is 1. The summed E-state index contributed by atoms with van der Waals surface area (Å²) in [7, 11) is 0. The minimum atomic E-state index is -0.193. The van der Waals surface area contributed by atoms with E-state index in [2.05, 4.69) is 16.4 Å². The first-order chi connectivity index (χ1) is 14.9. The van der Waals surface area contributed by atoms with Crippen LogP contribution in [0.1, 0.15) is 36.3 Å². The first-order valence-electron chi connectivity index (χ1n) is 10.4. The number of hydrogen-bond acceptors (Lipinski definition) is 4. The molecule has 2 aromatic carbocycles. The summed E-state index contributed by atoms with van der Waals surface area (Å²) < 4.78 is 11.9. The van der Waals surface area contributed by atoms with Gasteiger partial charge in [0.1, 0.15) is 17.1 Å². The third kappa shape index (κ3) is 3.91. The van der Waals surface area contributed by atoms with Crippen molar-refractivity contribution in [1.29, 1.82) is 0 Å². The van der Waals surface area contributed by atoms with Crippen LogP contribution in [0.5, 0.6) is 5.75 Å². The second-order valence-corrected chi connectivity index (χ2v) is 7.70. The smallest absolute Gasteiger partial charge is 0.248 e. The Morgan fingerprint density at radius 3 is 2.74 bits per heavy atom. The molecule has 0 fully saturated rings. The number of furan rings is 1. The van der Waals surface area contributed by atoms with E-state index in [1.165, 1.54) is 0 Å². The molecule has 0 spiro atoms. The molecule has 4 rings (SSSR count). The molecule has 0 aliphatic carbocycles. The van der Waals surface area contributed by atoms with Crippen LogP contribution in [0.25, 0.3) is 27.4 Å². The fourth-order valence-electron chi connectivity index (χ4n) is 3.84. The van der Waals surface area contributed by atoms with Crippen LogP contribution in [-0.2, 0) is 4.79 Å². The summed E-state index contributed by atoms with van der Waals surface area (Å²) in [5.74, 6) is 1.45. The summed E-state index contributed by atoms with van der Waals surface area (Å²) in [5.41, 5.74) is 6.23. The molecule has 0 radical (unpaired) electrons. The molecule has 31 heavy (non-hydrogen) atoms. The van der Waals surface area contributed by atoms with Crippen LogP contribution in [0.2, 0.25) is 0 Å². The average molecular weight is 415 g/mol. The Hall–Kier alpha value is -3.60. The molecule has 1 N–H and O–H groups in total. The van der Waals surface area contributed by atoms with Crippen LogP contribution in [-0.4, -0.2) is 17.5 Å². The molecule has 4 aromatic rings. The molecule has 0 atom stereocenters. The van der Waals surface area contributed by atoms with Crippen molar-refractivity contribution in [2.75, 3.05) is 11.9 Å². The van der Waals surface area contributed by atoms with Gasteiger partial charge in [-0.05, 0) is 76.1 Å². The first-order valence-corrected chi connectivity index (χ1v) is 10.4. The predicted octanol–water partition coefficient (Wildman–Crippen LogP) is 6.35. The van der Waals surface area contributed by atoms with Gasteiger partial charge in [0.2, 0.25) is 5.91 Å². The van der Waals surface area contributed by atoms with Crippen LogP contribution in [0.4, 0.5) is 5.69 Å². The minimum absolute atomic E-state index is 0.193. The number of anilines is 1. The Morgan fingerprint density at radius 1 is 1.16 bits per heavy atom. The van der Waals surface area contributed by atoms with E-state index < -0.39 is 0 Å². The minimum Gasteiger partial charge on any atom is -0.493 e. The Labute approximate surface area is 181 Å². The van der Waals surface area contributed by atoms with E-state index in [1.54, 1.807) is 12.3 Å². The van der Waals surface area contributed by atoms with Crippen molar-refractivity contribution in [3.63, 3.8) is 0 Å². The van der Waals surface area contributed by atoms with Crippen molar-refractivity contribution in [3.05, 3.63) is 71.1 Å². The van der Waals surface area contributed by atoms with E-state index in [4.69, 9.17) is 9.15 Å². The molecule has 5 heteroatoms. The van der Waals surface area contributed by atoms with Crippen molar-refractivity contribution >= 4 is 39.0 Å².